The van der Waals surface area contributed by atoms with E-state index in [1.54, 1.807) is 15.2 Å². The van der Waals surface area contributed by atoms with Crippen molar-refractivity contribution in [2.24, 2.45) is 5.73 Å². The molecule has 92 heavy (non-hydrogen) atoms. The van der Waals surface area contributed by atoms with Crippen LogP contribution in [-0.2, 0) is 9.31 Å². The molecule has 17 rings (SSSR count). The van der Waals surface area contributed by atoms with Gasteiger partial charge in [-0.25, -0.2) is 28.1 Å². The Hall–Kier alpha value is -6.84. The first kappa shape index (κ1) is 63.9. The number of carbonyl (C=O) groups is 2. The highest BCUT2D eigenvalue weighted by Crippen LogP contribution is 2.45. The van der Waals surface area contributed by atoms with E-state index in [0.717, 1.165) is 81.2 Å². The SMILES string of the molecule is CC1(N)CC1.CC1(Nc2nc3c(Br)c(F)ccc3c(=O)n2C2CC2)CC1.C[C@H]1NC(=O)c2cc(-c3c(F)ccc4c(=O)n(C5CC5)c(NC5(C)CC5)nc34)[nH]c21.C[C@H]1NC(=O)c2cc(B3OC(C)(C)C(C)(C)O3)[nH]c21.O=c1c2ccc(F)c(Br)c2nc(Cl)n1C1CC1. The number of H-pyrrole nitrogens is 2. The summed E-state index contributed by atoms with van der Waals surface area (Å²) in [4.78, 5) is 82.1. The lowest BCUT2D eigenvalue weighted by atomic mass is 9.85. The van der Waals surface area contributed by atoms with Crippen molar-refractivity contribution in [1.29, 1.82) is 0 Å². The summed E-state index contributed by atoms with van der Waals surface area (Å²) in [6, 6.07) is 12.2. The smallest absolute Gasteiger partial charge is 0.398 e. The highest BCUT2D eigenvalue weighted by Gasteiger charge is 2.53. The van der Waals surface area contributed by atoms with Crippen LogP contribution in [0.2, 0.25) is 5.28 Å². The van der Waals surface area contributed by atoms with Gasteiger partial charge in [0.15, 0.2) is 0 Å². The van der Waals surface area contributed by atoms with Crippen LogP contribution < -0.4 is 49.3 Å². The Labute approximate surface area is 549 Å². The summed E-state index contributed by atoms with van der Waals surface area (Å²) in [6.07, 6.45) is 12.4. The molecule has 2 amide bonds. The minimum atomic E-state index is -0.477. The largest absolute Gasteiger partial charge is 0.512 e. The Kier molecular flexibility index (Phi) is 16.0. The van der Waals surface area contributed by atoms with Crippen molar-refractivity contribution < 1.29 is 32.1 Å². The summed E-state index contributed by atoms with van der Waals surface area (Å²) in [5, 5.41) is 13.8. The lowest BCUT2D eigenvalue weighted by Gasteiger charge is -2.32. The molecule has 3 aromatic carbocycles. The molecule has 20 nitrogen and oxygen atoms in total. The van der Waals surface area contributed by atoms with Crippen molar-refractivity contribution in [2.75, 3.05) is 10.6 Å². The number of aromatic nitrogens is 8. The zero-order valence-corrected chi connectivity index (χ0v) is 56.4. The van der Waals surface area contributed by atoms with E-state index < -0.39 is 24.6 Å². The van der Waals surface area contributed by atoms with Gasteiger partial charge >= 0.3 is 7.12 Å². The number of nitrogens with zero attached hydrogens (tertiary/aromatic N) is 6. The molecule has 2 atom stereocenters. The molecule has 27 heteroatoms. The second kappa shape index (κ2) is 23.0. The number of anilines is 2. The third kappa shape index (κ3) is 12.4. The number of hydrogen-bond donors (Lipinski definition) is 7. The zero-order chi connectivity index (χ0) is 65.6. The van der Waals surface area contributed by atoms with E-state index >= 15 is 4.39 Å². The first-order chi connectivity index (χ1) is 43.3. The van der Waals surface area contributed by atoms with E-state index in [2.05, 4.69) is 93.8 Å². The fourth-order valence-electron chi connectivity index (χ4n) is 11.4. The number of aromatic amines is 2. The van der Waals surface area contributed by atoms with E-state index in [4.69, 9.17) is 31.6 Å². The van der Waals surface area contributed by atoms with E-state index in [-0.39, 0.29) is 112 Å². The normalized spacial score (nSPS) is 21.7. The van der Waals surface area contributed by atoms with Crippen LogP contribution in [0.3, 0.4) is 0 Å². The first-order valence-electron chi connectivity index (χ1n) is 31.3. The number of halogens is 6. The number of nitrogens with one attached hydrogen (secondary N) is 6. The van der Waals surface area contributed by atoms with E-state index in [1.807, 2.05) is 47.6 Å². The van der Waals surface area contributed by atoms with Crippen LogP contribution in [0.4, 0.5) is 25.1 Å². The van der Waals surface area contributed by atoms with Crippen molar-refractivity contribution >= 4 is 113 Å². The van der Waals surface area contributed by atoms with Gasteiger partial charge in [0.2, 0.25) is 17.2 Å². The number of rotatable bonds is 9. The molecule has 8 heterocycles. The summed E-state index contributed by atoms with van der Waals surface area (Å²) in [5.41, 5.74) is 9.78. The maximum absolute atomic E-state index is 15.1. The van der Waals surface area contributed by atoms with Crippen molar-refractivity contribution in [3.8, 4) is 11.3 Å². The average molecular weight is 1410 g/mol. The molecule has 0 spiro atoms. The van der Waals surface area contributed by atoms with Gasteiger partial charge in [0, 0.05) is 46.0 Å². The lowest BCUT2D eigenvalue weighted by molar-refractivity contribution is 0.00578. The van der Waals surface area contributed by atoms with Crippen LogP contribution in [0.25, 0.3) is 44.0 Å². The van der Waals surface area contributed by atoms with Crippen LogP contribution in [0, 0.1) is 17.5 Å². The molecule has 1 saturated heterocycles. The number of benzene rings is 3. The van der Waals surface area contributed by atoms with Gasteiger partial charge in [0.25, 0.3) is 28.5 Å². The minimum absolute atomic E-state index is 0.0127. The molecular formula is C65H72BBr2ClF3N13O7. The van der Waals surface area contributed by atoms with Gasteiger partial charge in [0.05, 0.1) is 93.0 Å². The van der Waals surface area contributed by atoms with Crippen molar-refractivity contribution in [3.05, 3.63) is 134 Å². The van der Waals surface area contributed by atoms with Crippen molar-refractivity contribution in [3.63, 3.8) is 0 Å². The van der Waals surface area contributed by atoms with E-state index in [1.165, 1.54) is 53.8 Å². The average Bonchev–Trinajstić information content (AvgIpc) is 1.71. The molecular weight excluding hydrogens is 1340 g/mol. The van der Waals surface area contributed by atoms with Crippen LogP contribution >= 0.6 is 43.5 Å². The zero-order valence-electron chi connectivity index (χ0n) is 52.5. The lowest BCUT2D eigenvalue weighted by Crippen LogP contribution is -2.41. The van der Waals surface area contributed by atoms with Gasteiger partial charge in [-0.15, -0.1) is 0 Å². The summed E-state index contributed by atoms with van der Waals surface area (Å²) < 4.78 is 59.5. The van der Waals surface area contributed by atoms with Crippen LogP contribution in [0.15, 0.2) is 71.9 Å². The highest BCUT2D eigenvalue weighted by molar-refractivity contribution is 9.11. The van der Waals surface area contributed by atoms with Gasteiger partial charge < -0.3 is 46.3 Å². The van der Waals surface area contributed by atoms with Gasteiger partial charge in [-0.3, -0.25) is 37.7 Å². The maximum Gasteiger partial charge on any atom is 0.512 e. The molecule has 8 aromatic rings. The number of carbonyl (C=O) groups excluding carboxylic acids is 2. The second-order valence-corrected chi connectivity index (χ2v) is 29.8. The molecule has 6 saturated carbocycles. The molecule has 9 aliphatic rings. The molecule has 8 N–H and O–H groups in total. The second-order valence-electron chi connectivity index (χ2n) is 27.9. The Morgan fingerprint density at radius 1 is 0.576 bits per heavy atom. The van der Waals surface area contributed by atoms with E-state index in [0.29, 0.717) is 55.9 Å². The maximum atomic E-state index is 15.1. The predicted molar refractivity (Wildman–Crippen MR) is 356 cm³/mol. The predicted octanol–water partition coefficient (Wildman–Crippen LogP) is 12.1. The van der Waals surface area contributed by atoms with Gasteiger partial charge in [-0.2, -0.15) is 0 Å². The minimum Gasteiger partial charge on any atom is -0.398 e. The van der Waals surface area contributed by atoms with Crippen LogP contribution in [-0.4, -0.2) is 85.4 Å². The standard InChI is InChI=1S/C22H22FN5O2.C15H15BrFN3O.C13H19BN2O3.C11H7BrClFN2O.C4H9N/c1-10-17-13(19(29)24-10)9-15(25-17)16-14(23)6-5-12-18(16)26-21(27-22(2)7-8-22)28(20(12)30)11-3-4-11;1-15(6-7-15)19-14-18-12-9(4-5-10(17)11(12)16)13(21)20(14)8-2-3-8;1-7-10-8(11(17)15-7)6-9(16-10)14-18-12(2,3)13(4,5)19-14;12-8-7(14)4-3-6-9(8)15-11(13)16(10(6)17)5-1-2-5;1-4(5)2-3-4/h5-6,9-11,25H,3-4,7-8H2,1-2H3,(H,24,29)(H,26,27);4-5,8H,2-3,6-7H2,1H3,(H,18,19);6-7,16H,1-5H3,(H,15,17);3-5H,1-2H2;2-3,5H2,1H3/t10-;;7-;;/m1.1../s1. The van der Waals surface area contributed by atoms with E-state index in [9.17, 15) is 32.8 Å². The summed E-state index contributed by atoms with van der Waals surface area (Å²) in [7, 11) is -0.449. The molecule has 3 aliphatic heterocycles. The van der Waals surface area contributed by atoms with Gasteiger partial charge in [-0.1, -0.05) is 0 Å². The first-order valence-corrected chi connectivity index (χ1v) is 33.3. The fourth-order valence-corrected chi connectivity index (χ4v) is 12.5. The highest BCUT2D eigenvalue weighted by atomic mass is 79.9. The fraction of sp³-hybridized carbons (Fsp3) is 0.477. The molecule has 484 valence electrons. The Balaban J connectivity index is 0.000000112. The molecule has 0 bridgehead atoms. The third-order valence-electron chi connectivity index (χ3n) is 19.1. The number of hydrogen-bond acceptors (Lipinski definition) is 13. The Bertz CT molecular complexity index is 4560. The molecule has 5 aromatic heterocycles. The third-order valence-corrected chi connectivity index (χ3v) is 20.8. The molecule has 7 fully saturated rings. The summed E-state index contributed by atoms with van der Waals surface area (Å²) in [6.45, 7) is 18.2. The van der Waals surface area contributed by atoms with Crippen molar-refractivity contribution in [1.82, 2.24) is 49.3 Å². The number of nitrogens with two attached hydrogens (primary N) is 1. The Morgan fingerprint density at radius 2 is 0.967 bits per heavy atom. The quantitative estimate of drug-likeness (QED) is 0.0524. The number of amides is 2. The monoisotopic (exact) mass is 1410 g/mol. The summed E-state index contributed by atoms with van der Waals surface area (Å²) in [5.74, 6) is -0.481. The topological polar surface area (TPSA) is 263 Å². The molecule has 0 unspecified atom stereocenters. The Morgan fingerprint density at radius 3 is 1.39 bits per heavy atom. The molecule has 6 aliphatic carbocycles. The summed E-state index contributed by atoms with van der Waals surface area (Å²) >= 11 is 12.3. The van der Waals surface area contributed by atoms with Gasteiger partial charge in [0.1, 0.15) is 17.5 Å². The van der Waals surface area contributed by atoms with Crippen molar-refractivity contribution in [2.45, 2.75) is 197 Å². The van der Waals surface area contributed by atoms with Crippen LogP contribution in [0.1, 0.15) is 202 Å². The van der Waals surface area contributed by atoms with Gasteiger partial charge in [-0.05, 0) is 231 Å². The number of fused-ring (bicyclic) bond motifs is 5. The van der Waals surface area contributed by atoms with Crippen LogP contribution in [0.5, 0.6) is 0 Å². The molecule has 0 radical (unpaired) electrons.